The average Bonchev–Trinajstić information content (AvgIpc) is 2.27. The number of carbonyl (C=O) groups excluding carboxylic acids is 1. The van der Waals surface area contributed by atoms with Crippen LogP contribution in [0.3, 0.4) is 0 Å². The molecular formula is C11H12Cl3NO3S. The number of hydrogen-bond acceptors (Lipinski definition) is 3. The summed E-state index contributed by atoms with van der Waals surface area (Å²) in [5.41, 5.74) is -0.0546. The Bertz CT molecular complexity index is 601. The third kappa shape index (κ3) is 3.75. The zero-order valence-corrected chi connectivity index (χ0v) is 13.4. The first-order valence-corrected chi connectivity index (χ1v) is 8.44. The first-order chi connectivity index (χ1) is 8.70. The molecule has 0 heterocycles. The minimum absolute atomic E-state index is 0.0546. The fourth-order valence-corrected chi connectivity index (χ4v) is 3.43. The van der Waals surface area contributed by atoms with Crippen LogP contribution in [-0.4, -0.2) is 32.8 Å². The van der Waals surface area contributed by atoms with Crippen molar-refractivity contribution in [3.8, 4) is 0 Å². The van der Waals surface area contributed by atoms with Crippen LogP contribution in [0.15, 0.2) is 17.0 Å². The van der Waals surface area contributed by atoms with E-state index in [1.807, 2.05) is 6.92 Å². The highest BCUT2D eigenvalue weighted by Crippen LogP contribution is 2.33. The van der Waals surface area contributed by atoms with E-state index in [4.69, 9.17) is 33.9 Å². The molecule has 4 nitrogen and oxygen atoms in total. The number of hydrogen-bond donors (Lipinski definition) is 0. The fraction of sp³-hybridized carbons (Fsp3) is 0.364. The fourth-order valence-electron chi connectivity index (χ4n) is 1.55. The maximum atomic E-state index is 12.2. The molecule has 0 bridgehead atoms. The molecule has 19 heavy (non-hydrogen) atoms. The quantitative estimate of drug-likeness (QED) is 0.787. The first-order valence-electron chi connectivity index (χ1n) is 5.38. The molecule has 1 amide bonds. The number of amides is 1. The maximum absolute atomic E-state index is 12.2. The molecule has 1 aromatic carbocycles. The van der Waals surface area contributed by atoms with Crippen LogP contribution in [-0.2, 0) is 9.05 Å². The van der Waals surface area contributed by atoms with Gasteiger partial charge in [0.1, 0.15) is 4.90 Å². The van der Waals surface area contributed by atoms with Crippen molar-refractivity contribution < 1.29 is 13.2 Å². The van der Waals surface area contributed by atoms with Gasteiger partial charge in [0.05, 0.1) is 15.6 Å². The van der Waals surface area contributed by atoms with Gasteiger partial charge in [0.15, 0.2) is 0 Å². The summed E-state index contributed by atoms with van der Waals surface area (Å²) in [7, 11) is 2.80. The highest BCUT2D eigenvalue weighted by molar-refractivity contribution is 8.13. The van der Waals surface area contributed by atoms with Gasteiger partial charge in [0, 0.05) is 24.3 Å². The normalized spacial score (nSPS) is 11.4. The second kappa shape index (κ2) is 6.31. The SMILES string of the molecule is CCCN(C)C(=O)c1c(Cl)ccc(S(=O)(=O)Cl)c1Cl. The van der Waals surface area contributed by atoms with Gasteiger partial charge in [-0.2, -0.15) is 0 Å². The maximum Gasteiger partial charge on any atom is 0.262 e. The van der Waals surface area contributed by atoms with Crippen LogP contribution in [0.2, 0.25) is 10.0 Å². The number of benzene rings is 1. The van der Waals surface area contributed by atoms with Gasteiger partial charge in [-0.15, -0.1) is 0 Å². The molecule has 106 valence electrons. The zero-order valence-electron chi connectivity index (χ0n) is 10.3. The highest BCUT2D eigenvalue weighted by Gasteiger charge is 2.25. The van der Waals surface area contributed by atoms with E-state index in [-0.39, 0.29) is 20.5 Å². The standard InChI is InChI=1S/C11H12Cl3NO3S/c1-3-6-15(2)11(16)9-7(12)4-5-8(10(9)13)19(14,17)18/h4-5H,3,6H2,1-2H3. The molecule has 0 saturated heterocycles. The Morgan fingerprint density at radius 3 is 2.37 bits per heavy atom. The molecule has 0 radical (unpaired) electrons. The molecule has 1 rings (SSSR count). The minimum Gasteiger partial charge on any atom is -0.342 e. The monoisotopic (exact) mass is 343 g/mol. The number of nitrogens with zero attached hydrogens (tertiary/aromatic N) is 1. The molecular weight excluding hydrogens is 333 g/mol. The van der Waals surface area contributed by atoms with Gasteiger partial charge in [-0.05, 0) is 18.6 Å². The third-order valence-electron chi connectivity index (χ3n) is 2.44. The molecule has 0 fully saturated rings. The molecule has 0 spiro atoms. The van der Waals surface area contributed by atoms with Gasteiger partial charge in [0.2, 0.25) is 0 Å². The predicted molar refractivity (Wildman–Crippen MR) is 76.8 cm³/mol. The minimum atomic E-state index is -4.03. The summed E-state index contributed by atoms with van der Waals surface area (Å²) in [5.74, 6) is -0.445. The summed E-state index contributed by atoms with van der Waals surface area (Å²) >= 11 is 11.9. The van der Waals surface area contributed by atoms with E-state index in [1.54, 1.807) is 7.05 Å². The van der Waals surface area contributed by atoms with Gasteiger partial charge in [-0.3, -0.25) is 4.79 Å². The van der Waals surface area contributed by atoms with E-state index in [0.717, 1.165) is 6.42 Å². The Labute approximate surface area is 126 Å². The van der Waals surface area contributed by atoms with Crippen LogP contribution in [0.4, 0.5) is 0 Å². The lowest BCUT2D eigenvalue weighted by Crippen LogP contribution is -2.28. The summed E-state index contributed by atoms with van der Waals surface area (Å²) in [6, 6.07) is 2.46. The molecule has 0 saturated carbocycles. The summed E-state index contributed by atoms with van der Waals surface area (Å²) < 4.78 is 22.7. The van der Waals surface area contributed by atoms with Crippen molar-refractivity contribution in [2.75, 3.05) is 13.6 Å². The lowest BCUT2D eigenvalue weighted by molar-refractivity contribution is 0.0795. The van der Waals surface area contributed by atoms with Crippen molar-refractivity contribution in [2.24, 2.45) is 0 Å². The molecule has 1 aromatic rings. The smallest absolute Gasteiger partial charge is 0.262 e. The van der Waals surface area contributed by atoms with E-state index < -0.39 is 15.0 Å². The van der Waals surface area contributed by atoms with Gasteiger partial charge >= 0.3 is 0 Å². The Kier molecular flexibility index (Phi) is 5.50. The summed E-state index contributed by atoms with van der Waals surface area (Å²) in [6.07, 6.45) is 0.755. The molecule has 0 N–H and O–H groups in total. The van der Waals surface area contributed by atoms with E-state index in [1.165, 1.54) is 17.0 Å². The van der Waals surface area contributed by atoms with Crippen LogP contribution in [0.1, 0.15) is 23.7 Å². The zero-order chi connectivity index (χ0) is 14.8. The molecule has 0 aromatic heterocycles. The van der Waals surface area contributed by atoms with Gasteiger partial charge in [-0.25, -0.2) is 8.42 Å². The molecule has 0 unspecified atom stereocenters. The Hall–Kier alpha value is -0.490. The molecule has 0 aliphatic carbocycles. The van der Waals surface area contributed by atoms with Gasteiger partial charge < -0.3 is 4.90 Å². The lowest BCUT2D eigenvalue weighted by atomic mass is 10.2. The number of halogens is 3. The molecule has 0 aliphatic rings. The molecule has 0 atom stereocenters. The number of rotatable bonds is 4. The lowest BCUT2D eigenvalue weighted by Gasteiger charge is -2.18. The van der Waals surface area contributed by atoms with Gasteiger partial charge in [0.25, 0.3) is 15.0 Å². The van der Waals surface area contributed by atoms with Crippen LogP contribution in [0.25, 0.3) is 0 Å². The van der Waals surface area contributed by atoms with Crippen LogP contribution in [0, 0.1) is 0 Å². The molecule has 0 aliphatic heterocycles. The summed E-state index contributed by atoms with van der Waals surface area (Å²) in [4.78, 5) is 13.3. The van der Waals surface area contributed by atoms with E-state index in [9.17, 15) is 13.2 Å². The molecule has 8 heteroatoms. The van der Waals surface area contributed by atoms with Crippen molar-refractivity contribution in [2.45, 2.75) is 18.2 Å². The van der Waals surface area contributed by atoms with Crippen molar-refractivity contribution >= 4 is 48.8 Å². The van der Waals surface area contributed by atoms with Gasteiger partial charge in [-0.1, -0.05) is 30.1 Å². The topological polar surface area (TPSA) is 54.5 Å². The Balaban J connectivity index is 3.40. The van der Waals surface area contributed by atoms with Crippen LogP contribution in [0.5, 0.6) is 0 Å². The Morgan fingerprint density at radius 2 is 1.89 bits per heavy atom. The van der Waals surface area contributed by atoms with E-state index in [0.29, 0.717) is 6.54 Å². The summed E-state index contributed by atoms with van der Waals surface area (Å²) in [5, 5.41) is -0.169. The van der Waals surface area contributed by atoms with Crippen molar-refractivity contribution in [3.05, 3.63) is 27.7 Å². The second-order valence-electron chi connectivity index (χ2n) is 3.90. The average molecular weight is 345 g/mol. The highest BCUT2D eigenvalue weighted by atomic mass is 35.7. The van der Waals surface area contributed by atoms with Crippen molar-refractivity contribution in [1.82, 2.24) is 4.90 Å². The largest absolute Gasteiger partial charge is 0.342 e. The van der Waals surface area contributed by atoms with Crippen molar-refractivity contribution in [3.63, 3.8) is 0 Å². The second-order valence-corrected chi connectivity index (χ2v) is 7.22. The third-order valence-corrected chi connectivity index (χ3v) is 4.62. The van der Waals surface area contributed by atoms with E-state index in [2.05, 4.69) is 0 Å². The predicted octanol–water partition coefficient (Wildman–Crippen LogP) is 3.40. The van der Waals surface area contributed by atoms with Crippen molar-refractivity contribution in [1.29, 1.82) is 0 Å². The van der Waals surface area contributed by atoms with Crippen LogP contribution >= 0.6 is 33.9 Å². The number of carbonyl (C=O) groups is 1. The summed E-state index contributed by atoms with van der Waals surface area (Å²) in [6.45, 7) is 2.41. The van der Waals surface area contributed by atoms with Crippen LogP contribution < -0.4 is 0 Å². The Morgan fingerprint density at radius 1 is 1.32 bits per heavy atom. The van der Waals surface area contributed by atoms with E-state index >= 15 is 0 Å². The first kappa shape index (κ1) is 16.6.